The van der Waals surface area contributed by atoms with Crippen LogP contribution < -0.4 is 10.6 Å². The van der Waals surface area contributed by atoms with Crippen LogP contribution in [0.4, 0.5) is 11.5 Å². The molecule has 0 spiro atoms. The van der Waals surface area contributed by atoms with Gasteiger partial charge in [0.1, 0.15) is 16.6 Å². The average molecular weight is 273 g/mol. The Bertz CT molecular complexity index is 583. The monoisotopic (exact) mass is 273 g/mol. The lowest BCUT2D eigenvalue weighted by Gasteiger charge is -2.22. The Morgan fingerprint density at radius 1 is 1.37 bits per heavy atom. The van der Waals surface area contributed by atoms with Crippen molar-refractivity contribution in [3.63, 3.8) is 0 Å². The van der Waals surface area contributed by atoms with Crippen LogP contribution in [0.2, 0.25) is 0 Å². The maximum Gasteiger partial charge on any atom is 0.132 e. The number of hydrogen-bond donors (Lipinski definition) is 2. The Morgan fingerprint density at radius 3 is 2.68 bits per heavy atom. The highest BCUT2D eigenvalue weighted by Crippen LogP contribution is 2.26. The van der Waals surface area contributed by atoms with E-state index in [4.69, 9.17) is 18.0 Å². The molecule has 0 bridgehead atoms. The van der Waals surface area contributed by atoms with Gasteiger partial charge < -0.3 is 15.7 Å². The van der Waals surface area contributed by atoms with Gasteiger partial charge in [0.2, 0.25) is 0 Å². The van der Waals surface area contributed by atoms with Crippen molar-refractivity contribution in [1.82, 2.24) is 4.98 Å². The van der Waals surface area contributed by atoms with Gasteiger partial charge in [0.15, 0.2) is 0 Å². The molecule has 19 heavy (non-hydrogen) atoms. The molecule has 0 saturated heterocycles. The van der Waals surface area contributed by atoms with Crippen LogP contribution in [0.1, 0.15) is 12.5 Å². The first kappa shape index (κ1) is 13.3. The fourth-order valence-corrected chi connectivity index (χ4v) is 1.95. The van der Waals surface area contributed by atoms with Crippen molar-refractivity contribution in [2.75, 3.05) is 11.4 Å². The van der Waals surface area contributed by atoms with Gasteiger partial charge in [-0.2, -0.15) is 0 Å². The molecular weight excluding hydrogens is 258 g/mol. The number of benzene rings is 1. The number of rotatable bonds is 4. The van der Waals surface area contributed by atoms with Gasteiger partial charge in [-0.3, -0.25) is 0 Å². The first-order valence-electron chi connectivity index (χ1n) is 5.94. The molecule has 4 nitrogen and oxygen atoms in total. The van der Waals surface area contributed by atoms with E-state index < -0.39 is 0 Å². The largest absolute Gasteiger partial charge is 0.508 e. The predicted molar refractivity (Wildman–Crippen MR) is 80.9 cm³/mol. The molecule has 0 atom stereocenters. The standard InChI is InChI=1S/C14H15N3OS/c1-2-17(11-4-3-5-12(18)8-11)13-7-6-10(9-16-13)14(15)19/h3-9,18H,2H2,1H3,(H2,15,19). The summed E-state index contributed by atoms with van der Waals surface area (Å²) in [6, 6.07) is 10.8. The number of phenolic OH excluding ortho intramolecular Hbond substituents is 1. The minimum atomic E-state index is 0.232. The molecule has 2 aromatic rings. The number of aromatic hydroxyl groups is 1. The molecule has 0 saturated carbocycles. The zero-order chi connectivity index (χ0) is 13.8. The van der Waals surface area contributed by atoms with Gasteiger partial charge in [-0.15, -0.1) is 0 Å². The summed E-state index contributed by atoms with van der Waals surface area (Å²) in [7, 11) is 0. The van der Waals surface area contributed by atoms with E-state index in [2.05, 4.69) is 4.98 Å². The van der Waals surface area contributed by atoms with E-state index in [-0.39, 0.29) is 5.75 Å². The van der Waals surface area contributed by atoms with Crippen LogP contribution in [-0.2, 0) is 0 Å². The minimum absolute atomic E-state index is 0.232. The van der Waals surface area contributed by atoms with E-state index >= 15 is 0 Å². The topological polar surface area (TPSA) is 62.4 Å². The molecule has 1 aromatic heterocycles. The molecule has 1 aromatic carbocycles. The van der Waals surface area contributed by atoms with E-state index in [1.807, 2.05) is 30.0 Å². The van der Waals surface area contributed by atoms with Gasteiger partial charge in [0.05, 0.1) is 0 Å². The Morgan fingerprint density at radius 2 is 2.16 bits per heavy atom. The first-order valence-corrected chi connectivity index (χ1v) is 6.35. The minimum Gasteiger partial charge on any atom is -0.508 e. The van der Waals surface area contributed by atoms with Crippen molar-refractivity contribution in [3.8, 4) is 5.75 Å². The SMILES string of the molecule is CCN(c1cccc(O)c1)c1ccc(C(N)=S)cn1. The van der Waals surface area contributed by atoms with Crippen molar-refractivity contribution in [3.05, 3.63) is 48.2 Å². The highest BCUT2D eigenvalue weighted by atomic mass is 32.1. The van der Waals surface area contributed by atoms with Gasteiger partial charge >= 0.3 is 0 Å². The van der Waals surface area contributed by atoms with E-state index in [9.17, 15) is 5.11 Å². The summed E-state index contributed by atoms with van der Waals surface area (Å²) in [5, 5.41) is 9.54. The molecule has 5 heteroatoms. The second kappa shape index (κ2) is 5.67. The maximum atomic E-state index is 9.54. The van der Waals surface area contributed by atoms with Gasteiger partial charge in [-0.25, -0.2) is 4.98 Å². The Balaban J connectivity index is 2.34. The summed E-state index contributed by atoms with van der Waals surface area (Å²) in [4.78, 5) is 6.68. The summed E-state index contributed by atoms with van der Waals surface area (Å²) in [6.07, 6.45) is 1.66. The third-order valence-corrected chi connectivity index (χ3v) is 3.00. The molecule has 3 N–H and O–H groups in total. The molecule has 1 heterocycles. The Labute approximate surface area is 117 Å². The first-order chi connectivity index (χ1) is 9.11. The fraction of sp³-hybridized carbons (Fsp3) is 0.143. The van der Waals surface area contributed by atoms with E-state index in [1.165, 1.54) is 0 Å². The zero-order valence-electron chi connectivity index (χ0n) is 10.6. The Hall–Kier alpha value is -2.14. The number of nitrogens with zero attached hydrogens (tertiary/aromatic N) is 2. The molecule has 0 amide bonds. The summed E-state index contributed by atoms with van der Waals surface area (Å²) in [5.41, 5.74) is 7.18. The summed E-state index contributed by atoms with van der Waals surface area (Å²) in [5.74, 6) is 1.02. The predicted octanol–water partition coefficient (Wildman–Crippen LogP) is 2.58. The molecule has 0 radical (unpaired) electrons. The lowest BCUT2D eigenvalue weighted by atomic mass is 10.2. The third-order valence-electron chi connectivity index (χ3n) is 2.77. The van der Waals surface area contributed by atoms with Gasteiger partial charge in [-0.1, -0.05) is 18.3 Å². The summed E-state index contributed by atoms with van der Waals surface area (Å²) >= 11 is 4.90. The van der Waals surface area contributed by atoms with Crippen LogP contribution in [0.3, 0.4) is 0 Å². The van der Waals surface area contributed by atoms with Crippen molar-refractivity contribution >= 4 is 28.7 Å². The number of hydrogen-bond acceptors (Lipinski definition) is 4. The molecule has 0 fully saturated rings. The molecule has 2 rings (SSSR count). The number of aromatic nitrogens is 1. The second-order valence-electron chi connectivity index (χ2n) is 4.03. The van der Waals surface area contributed by atoms with Gasteiger partial charge in [0.25, 0.3) is 0 Å². The summed E-state index contributed by atoms with van der Waals surface area (Å²) < 4.78 is 0. The van der Waals surface area contributed by atoms with Crippen LogP contribution in [0, 0.1) is 0 Å². The van der Waals surface area contributed by atoms with Crippen LogP contribution in [0.25, 0.3) is 0 Å². The smallest absolute Gasteiger partial charge is 0.132 e. The van der Waals surface area contributed by atoms with Crippen LogP contribution >= 0.6 is 12.2 Å². The van der Waals surface area contributed by atoms with Crippen LogP contribution in [0.15, 0.2) is 42.6 Å². The van der Waals surface area contributed by atoms with Crippen molar-refractivity contribution < 1.29 is 5.11 Å². The molecule has 0 unspecified atom stereocenters. The number of anilines is 2. The molecule has 0 aliphatic rings. The van der Waals surface area contributed by atoms with E-state index in [0.717, 1.165) is 23.6 Å². The van der Waals surface area contributed by atoms with Gasteiger partial charge in [0, 0.05) is 30.1 Å². The highest BCUT2D eigenvalue weighted by Gasteiger charge is 2.09. The lowest BCUT2D eigenvalue weighted by molar-refractivity contribution is 0.475. The normalized spacial score (nSPS) is 10.2. The van der Waals surface area contributed by atoms with Crippen molar-refractivity contribution in [2.24, 2.45) is 5.73 Å². The summed E-state index contributed by atoms with van der Waals surface area (Å²) in [6.45, 7) is 2.76. The number of nitrogens with two attached hydrogens (primary N) is 1. The van der Waals surface area contributed by atoms with Crippen LogP contribution in [-0.4, -0.2) is 21.6 Å². The second-order valence-corrected chi connectivity index (χ2v) is 4.47. The number of phenols is 1. The van der Waals surface area contributed by atoms with E-state index in [0.29, 0.717) is 4.99 Å². The highest BCUT2D eigenvalue weighted by molar-refractivity contribution is 7.80. The Kier molecular flexibility index (Phi) is 3.97. The quantitative estimate of drug-likeness (QED) is 0.838. The fourth-order valence-electron chi connectivity index (χ4n) is 1.83. The lowest BCUT2D eigenvalue weighted by Crippen LogP contribution is -2.18. The van der Waals surface area contributed by atoms with Gasteiger partial charge in [-0.05, 0) is 31.2 Å². The third kappa shape index (κ3) is 3.00. The molecule has 98 valence electrons. The number of pyridine rings is 1. The van der Waals surface area contributed by atoms with Crippen molar-refractivity contribution in [1.29, 1.82) is 0 Å². The average Bonchev–Trinajstić information content (AvgIpc) is 2.40. The van der Waals surface area contributed by atoms with Crippen molar-refractivity contribution in [2.45, 2.75) is 6.92 Å². The molecule has 0 aliphatic carbocycles. The number of thiocarbonyl (C=S) groups is 1. The van der Waals surface area contributed by atoms with E-state index in [1.54, 1.807) is 24.4 Å². The molecule has 0 aliphatic heterocycles. The maximum absolute atomic E-state index is 9.54. The zero-order valence-corrected chi connectivity index (χ0v) is 11.4. The molecular formula is C14H15N3OS. The van der Waals surface area contributed by atoms with Crippen LogP contribution in [0.5, 0.6) is 5.75 Å².